The summed E-state index contributed by atoms with van der Waals surface area (Å²) in [5.74, 6) is 0.270. The minimum Gasteiger partial charge on any atom is -0.459 e. The van der Waals surface area contributed by atoms with Crippen molar-refractivity contribution in [2.75, 3.05) is 20.1 Å². The number of nitrogens with one attached hydrogen (secondary N) is 1. The number of hydrogen-bond donors (Lipinski definition) is 1. The van der Waals surface area contributed by atoms with Gasteiger partial charge in [-0.15, -0.1) is 11.3 Å². The number of aromatic nitrogens is 1. The van der Waals surface area contributed by atoms with E-state index in [4.69, 9.17) is 4.42 Å². The molecule has 0 aromatic carbocycles. The van der Waals surface area contributed by atoms with Crippen molar-refractivity contribution in [1.29, 1.82) is 0 Å². The Labute approximate surface area is 150 Å². The van der Waals surface area contributed by atoms with Gasteiger partial charge in [0.25, 0.3) is 5.91 Å². The lowest BCUT2D eigenvalue weighted by Crippen LogP contribution is -2.49. The molecule has 0 radical (unpaired) electrons. The third-order valence-electron chi connectivity index (χ3n) is 4.25. The van der Waals surface area contributed by atoms with E-state index < -0.39 is 0 Å². The van der Waals surface area contributed by atoms with Crippen molar-refractivity contribution in [3.05, 3.63) is 40.2 Å². The Morgan fingerprint density at radius 3 is 2.80 bits per heavy atom. The molecule has 1 N–H and O–H groups in total. The van der Waals surface area contributed by atoms with E-state index in [1.54, 1.807) is 40.3 Å². The molecule has 134 valence electrons. The van der Waals surface area contributed by atoms with Crippen LogP contribution in [0.1, 0.15) is 34.1 Å². The quantitative estimate of drug-likeness (QED) is 0.906. The van der Waals surface area contributed by atoms with E-state index >= 15 is 0 Å². The molecule has 0 aliphatic carbocycles. The van der Waals surface area contributed by atoms with Crippen LogP contribution in [-0.4, -0.2) is 52.9 Å². The van der Waals surface area contributed by atoms with Crippen LogP contribution in [0, 0.1) is 6.92 Å². The topological polar surface area (TPSA) is 78.7 Å². The van der Waals surface area contributed by atoms with Crippen LogP contribution in [0.15, 0.2) is 28.2 Å². The van der Waals surface area contributed by atoms with Gasteiger partial charge in [0.05, 0.1) is 23.5 Å². The molecule has 1 fully saturated rings. The Kier molecular flexibility index (Phi) is 5.37. The Bertz CT molecular complexity index is 720. The maximum absolute atomic E-state index is 12.3. The summed E-state index contributed by atoms with van der Waals surface area (Å²) >= 11 is 1.58. The van der Waals surface area contributed by atoms with Crippen LogP contribution < -0.4 is 5.32 Å². The molecule has 0 atom stereocenters. The van der Waals surface area contributed by atoms with Gasteiger partial charge in [-0.2, -0.15) is 0 Å². The molecule has 7 nitrogen and oxygen atoms in total. The van der Waals surface area contributed by atoms with E-state index in [2.05, 4.69) is 10.3 Å². The number of hydrogen-bond acceptors (Lipinski definition) is 5. The van der Waals surface area contributed by atoms with Gasteiger partial charge in [0, 0.05) is 31.6 Å². The van der Waals surface area contributed by atoms with Crippen LogP contribution in [0.4, 0.5) is 4.79 Å². The number of urea groups is 1. The Hall–Kier alpha value is -2.35. The van der Waals surface area contributed by atoms with Crippen LogP contribution in [0.2, 0.25) is 0 Å². The van der Waals surface area contributed by atoms with E-state index in [0.29, 0.717) is 25.4 Å². The number of rotatable bonds is 4. The number of carbonyl (C=O) groups is 2. The van der Waals surface area contributed by atoms with Gasteiger partial charge < -0.3 is 19.5 Å². The zero-order valence-electron chi connectivity index (χ0n) is 14.4. The molecule has 0 bridgehead atoms. The number of piperidine rings is 1. The fraction of sp³-hybridized carbons (Fsp3) is 0.471. The minimum atomic E-state index is -0.110. The van der Waals surface area contributed by atoms with E-state index in [0.717, 1.165) is 23.5 Å². The van der Waals surface area contributed by atoms with Crippen LogP contribution in [-0.2, 0) is 6.54 Å². The first kappa shape index (κ1) is 17.5. The van der Waals surface area contributed by atoms with Gasteiger partial charge >= 0.3 is 6.03 Å². The molecular weight excluding hydrogens is 340 g/mol. The molecule has 25 heavy (non-hydrogen) atoms. The summed E-state index contributed by atoms with van der Waals surface area (Å²) in [5.41, 5.74) is 0.902. The average molecular weight is 362 g/mol. The van der Waals surface area contributed by atoms with Gasteiger partial charge in [-0.25, -0.2) is 9.78 Å². The highest BCUT2D eigenvalue weighted by Crippen LogP contribution is 2.15. The smallest absolute Gasteiger partial charge is 0.317 e. The second-order valence-corrected chi connectivity index (χ2v) is 7.27. The third-order valence-corrected chi connectivity index (χ3v) is 5.08. The molecule has 0 spiro atoms. The van der Waals surface area contributed by atoms with Gasteiger partial charge in [0.2, 0.25) is 0 Å². The SMILES string of the molecule is Cc1nc(CN(C)C(=O)NC2CCN(C(=O)c3ccco3)CC2)cs1. The molecule has 0 unspecified atom stereocenters. The van der Waals surface area contributed by atoms with Gasteiger partial charge in [-0.3, -0.25) is 4.79 Å². The first-order valence-corrected chi connectivity index (χ1v) is 9.16. The lowest BCUT2D eigenvalue weighted by Gasteiger charge is -2.32. The summed E-state index contributed by atoms with van der Waals surface area (Å²) in [4.78, 5) is 32.3. The van der Waals surface area contributed by atoms with Crippen molar-refractivity contribution in [2.45, 2.75) is 32.4 Å². The summed E-state index contributed by atoms with van der Waals surface area (Å²) in [6, 6.07) is 3.35. The third kappa shape index (κ3) is 4.39. The van der Waals surface area contributed by atoms with E-state index in [1.165, 1.54) is 6.26 Å². The zero-order valence-corrected chi connectivity index (χ0v) is 15.2. The van der Waals surface area contributed by atoms with Gasteiger partial charge in [0.1, 0.15) is 0 Å². The maximum Gasteiger partial charge on any atom is 0.317 e. The number of likely N-dealkylation sites (tertiary alicyclic amines) is 1. The predicted molar refractivity (Wildman–Crippen MR) is 94.5 cm³/mol. The molecule has 2 aromatic heterocycles. The fourth-order valence-electron chi connectivity index (χ4n) is 2.86. The number of aryl methyl sites for hydroxylation is 1. The normalized spacial score (nSPS) is 15.2. The second-order valence-electron chi connectivity index (χ2n) is 6.21. The average Bonchev–Trinajstić information content (AvgIpc) is 3.27. The molecule has 1 aliphatic heterocycles. The molecule has 1 aliphatic rings. The molecule has 2 aromatic rings. The standard InChI is InChI=1S/C17H22N4O3S/c1-12-18-14(11-25-12)10-20(2)17(23)19-13-5-7-21(8-6-13)16(22)15-4-3-9-24-15/h3-4,9,11,13H,5-8,10H2,1-2H3,(H,19,23). The highest BCUT2D eigenvalue weighted by molar-refractivity contribution is 7.09. The summed E-state index contributed by atoms with van der Waals surface area (Å²) in [6.07, 6.45) is 2.98. The number of amides is 3. The minimum absolute atomic E-state index is 0.0766. The van der Waals surface area contributed by atoms with Crippen LogP contribution in [0.5, 0.6) is 0 Å². The number of nitrogens with zero attached hydrogens (tertiary/aromatic N) is 3. The van der Waals surface area contributed by atoms with E-state index in [-0.39, 0.29) is 18.0 Å². The van der Waals surface area contributed by atoms with Crippen molar-refractivity contribution >= 4 is 23.3 Å². The number of carbonyl (C=O) groups excluding carboxylic acids is 2. The second kappa shape index (κ2) is 7.69. The molecular formula is C17H22N4O3S. The molecule has 3 heterocycles. The van der Waals surface area contributed by atoms with Crippen LogP contribution in [0.25, 0.3) is 0 Å². The monoisotopic (exact) mass is 362 g/mol. The van der Waals surface area contributed by atoms with Crippen molar-refractivity contribution in [2.24, 2.45) is 0 Å². The molecule has 3 amide bonds. The lowest BCUT2D eigenvalue weighted by molar-refractivity contribution is 0.0674. The molecule has 8 heteroatoms. The Balaban J connectivity index is 1.45. The van der Waals surface area contributed by atoms with Gasteiger partial charge in [-0.05, 0) is 31.9 Å². The van der Waals surface area contributed by atoms with Crippen molar-refractivity contribution in [3.8, 4) is 0 Å². The van der Waals surface area contributed by atoms with Crippen LogP contribution >= 0.6 is 11.3 Å². The summed E-state index contributed by atoms with van der Waals surface area (Å²) < 4.78 is 5.16. The van der Waals surface area contributed by atoms with E-state index in [9.17, 15) is 9.59 Å². The van der Waals surface area contributed by atoms with Gasteiger partial charge in [0.15, 0.2) is 5.76 Å². The lowest BCUT2D eigenvalue weighted by atomic mass is 10.0. The maximum atomic E-state index is 12.3. The molecule has 0 saturated carbocycles. The predicted octanol–water partition coefficient (Wildman–Crippen LogP) is 2.49. The Morgan fingerprint density at radius 2 is 2.20 bits per heavy atom. The summed E-state index contributed by atoms with van der Waals surface area (Å²) in [6.45, 7) is 3.66. The fourth-order valence-corrected chi connectivity index (χ4v) is 3.47. The van der Waals surface area contributed by atoms with Gasteiger partial charge in [-0.1, -0.05) is 0 Å². The number of thiazole rings is 1. The highest BCUT2D eigenvalue weighted by atomic mass is 32.1. The first-order valence-electron chi connectivity index (χ1n) is 8.28. The van der Waals surface area contributed by atoms with Crippen molar-refractivity contribution in [3.63, 3.8) is 0 Å². The Morgan fingerprint density at radius 1 is 1.44 bits per heavy atom. The van der Waals surface area contributed by atoms with Crippen LogP contribution in [0.3, 0.4) is 0 Å². The largest absolute Gasteiger partial charge is 0.459 e. The summed E-state index contributed by atoms with van der Waals surface area (Å²) in [7, 11) is 1.76. The van der Waals surface area contributed by atoms with Crippen molar-refractivity contribution < 1.29 is 14.0 Å². The van der Waals surface area contributed by atoms with Crippen molar-refractivity contribution in [1.82, 2.24) is 20.1 Å². The van der Waals surface area contributed by atoms with E-state index in [1.807, 2.05) is 12.3 Å². The first-order chi connectivity index (χ1) is 12.0. The molecule has 3 rings (SSSR count). The number of furan rings is 1. The zero-order chi connectivity index (χ0) is 17.8. The highest BCUT2D eigenvalue weighted by Gasteiger charge is 2.26. The summed E-state index contributed by atoms with van der Waals surface area (Å²) in [5, 5.41) is 6.01. The molecule has 1 saturated heterocycles.